The van der Waals surface area contributed by atoms with Crippen LogP contribution >= 0.6 is 11.6 Å². The molecule has 1 aliphatic heterocycles. The minimum absolute atomic E-state index is 0.0270. The predicted octanol–water partition coefficient (Wildman–Crippen LogP) is 3.70. The Morgan fingerprint density at radius 2 is 1.81 bits per heavy atom. The zero-order valence-corrected chi connectivity index (χ0v) is 16.7. The summed E-state index contributed by atoms with van der Waals surface area (Å²) in [7, 11) is 0. The third-order valence-corrected chi connectivity index (χ3v) is 7.61. The molecular formula is C22H29ClN2O2. The highest BCUT2D eigenvalue weighted by molar-refractivity contribution is 6.30. The lowest BCUT2D eigenvalue weighted by molar-refractivity contribution is -0.126. The van der Waals surface area contributed by atoms with Crippen LogP contribution in [0.15, 0.2) is 18.2 Å². The van der Waals surface area contributed by atoms with Crippen LogP contribution in [0.5, 0.6) is 5.75 Å². The van der Waals surface area contributed by atoms with Gasteiger partial charge < -0.3 is 15.4 Å². The Hall–Kier alpha value is -1.26. The number of carbonyl (C=O) groups is 1. The first-order chi connectivity index (χ1) is 13.0. The van der Waals surface area contributed by atoms with Crippen molar-refractivity contribution in [1.82, 2.24) is 10.6 Å². The topological polar surface area (TPSA) is 50.4 Å². The van der Waals surface area contributed by atoms with Gasteiger partial charge in [0, 0.05) is 24.0 Å². The number of nitrogens with one attached hydrogen (secondary N) is 2. The summed E-state index contributed by atoms with van der Waals surface area (Å²) in [5, 5.41) is 7.52. The van der Waals surface area contributed by atoms with Crippen LogP contribution in [0, 0.1) is 30.6 Å². The summed E-state index contributed by atoms with van der Waals surface area (Å²) in [6.07, 6.45) is 7.52. The van der Waals surface area contributed by atoms with Crippen LogP contribution in [-0.4, -0.2) is 30.6 Å². The Kier molecular flexibility index (Phi) is 4.60. The molecule has 5 aliphatic rings. The first-order valence-electron chi connectivity index (χ1n) is 10.5. The van der Waals surface area contributed by atoms with Crippen LogP contribution in [0.3, 0.4) is 0 Å². The summed E-state index contributed by atoms with van der Waals surface area (Å²) in [6, 6.07) is 5.95. The number of hydrogen-bond acceptors (Lipinski definition) is 3. The summed E-state index contributed by atoms with van der Waals surface area (Å²) in [5.41, 5.74) is 1.03. The molecule has 1 amide bonds. The maximum atomic E-state index is 12.9. The molecule has 2 atom stereocenters. The normalized spacial score (nSPS) is 39.6. The van der Waals surface area contributed by atoms with Crippen molar-refractivity contribution in [3.8, 4) is 5.75 Å². The lowest BCUT2D eigenvalue weighted by Gasteiger charge is -2.54. The molecule has 4 nitrogen and oxygen atoms in total. The van der Waals surface area contributed by atoms with Gasteiger partial charge in [0.05, 0.1) is 6.04 Å². The van der Waals surface area contributed by atoms with Crippen molar-refractivity contribution in [3.63, 3.8) is 0 Å². The number of carbonyl (C=O) groups excluding carboxylic acids is 1. The van der Waals surface area contributed by atoms with Crippen LogP contribution in [0.4, 0.5) is 0 Å². The van der Waals surface area contributed by atoms with Gasteiger partial charge in [-0.2, -0.15) is 0 Å². The van der Waals surface area contributed by atoms with E-state index in [0.717, 1.165) is 46.4 Å². The fraction of sp³-hybridized carbons (Fsp3) is 0.682. The van der Waals surface area contributed by atoms with Gasteiger partial charge in [-0.05, 0) is 86.5 Å². The van der Waals surface area contributed by atoms with Gasteiger partial charge in [-0.15, -0.1) is 0 Å². The zero-order valence-electron chi connectivity index (χ0n) is 15.9. The fourth-order valence-electron chi connectivity index (χ4n) is 6.34. The molecule has 4 bridgehead atoms. The lowest BCUT2D eigenvalue weighted by atomic mass is 9.54. The maximum Gasteiger partial charge on any atom is 0.237 e. The van der Waals surface area contributed by atoms with Crippen molar-refractivity contribution in [1.29, 1.82) is 0 Å². The first-order valence-corrected chi connectivity index (χ1v) is 10.9. The summed E-state index contributed by atoms with van der Waals surface area (Å²) in [5.74, 6) is 4.33. The molecule has 4 aliphatic carbocycles. The SMILES string of the molecule is Cc1cc(Cl)ccc1O[C@@H]1CN[C@H](C(=O)NC2C3CC4CC(C3)CC2C4)C1. The highest BCUT2D eigenvalue weighted by Gasteiger charge is 2.49. The highest BCUT2D eigenvalue weighted by Crippen LogP contribution is 2.53. The molecule has 0 unspecified atom stereocenters. The summed E-state index contributed by atoms with van der Waals surface area (Å²) in [4.78, 5) is 12.9. The Bertz CT molecular complexity index is 709. The molecule has 0 radical (unpaired) electrons. The van der Waals surface area contributed by atoms with E-state index in [-0.39, 0.29) is 18.1 Å². The van der Waals surface area contributed by atoms with E-state index in [4.69, 9.17) is 16.3 Å². The molecule has 2 N–H and O–H groups in total. The molecular weight excluding hydrogens is 360 g/mol. The monoisotopic (exact) mass is 388 g/mol. The van der Waals surface area contributed by atoms with Crippen LogP contribution in [0.25, 0.3) is 0 Å². The second kappa shape index (κ2) is 6.97. The highest BCUT2D eigenvalue weighted by atomic mass is 35.5. The molecule has 6 rings (SSSR count). The molecule has 5 fully saturated rings. The van der Waals surface area contributed by atoms with E-state index in [9.17, 15) is 4.79 Å². The average Bonchev–Trinajstić information content (AvgIpc) is 3.08. The Labute approximate surface area is 166 Å². The number of halogens is 1. The van der Waals surface area contributed by atoms with E-state index in [1.807, 2.05) is 25.1 Å². The number of rotatable bonds is 4. The lowest BCUT2D eigenvalue weighted by Crippen LogP contribution is -2.58. The number of aryl methyl sites for hydroxylation is 1. The van der Waals surface area contributed by atoms with E-state index in [1.54, 1.807) is 0 Å². The molecule has 4 saturated carbocycles. The molecule has 1 aromatic rings. The summed E-state index contributed by atoms with van der Waals surface area (Å²) >= 11 is 6.02. The van der Waals surface area contributed by atoms with E-state index in [1.165, 1.54) is 32.1 Å². The van der Waals surface area contributed by atoms with Crippen molar-refractivity contribution >= 4 is 17.5 Å². The van der Waals surface area contributed by atoms with E-state index in [0.29, 0.717) is 12.6 Å². The number of benzene rings is 1. The van der Waals surface area contributed by atoms with Crippen molar-refractivity contribution in [3.05, 3.63) is 28.8 Å². The fourth-order valence-corrected chi connectivity index (χ4v) is 6.57. The van der Waals surface area contributed by atoms with E-state index >= 15 is 0 Å². The van der Waals surface area contributed by atoms with Gasteiger partial charge in [-0.1, -0.05) is 11.6 Å². The van der Waals surface area contributed by atoms with Crippen LogP contribution in [0.1, 0.15) is 44.1 Å². The Morgan fingerprint density at radius 1 is 1.11 bits per heavy atom. The first kappa shape index (κ1) is 17.8. The molecule has 1 heterocycles. The molecule has 0 aromatic heterocycles. The Morgan fingerprint density at radius 3 is 2.48 bits per heavy atom. The zero-order chi connectivity index (χ0) is 18.5. The van der Waals surface area contributed by atoms with E-state index < -0.39 is 0 Å². The molecule has 1 aromatic carbocycles. The van der Waals surface area contributed by atoms with Gasteiger partial charge in [0.1, 0.15) is 11.9 Å². The molecule has 5 heteroatoms. The van der Waals surface area contributed by atoms with Gasteiger partial charge in [0.15, 0.2) is 0 Å². The van der Waals surface area contributed by atoms with Crippen molar-refractivity contribution in [2.75, 3.05) is 6.54 Å². The van der Waals surface area contributed by atoms with Gasteiger partial charge in [-0.3, -0.25) is 4.79 Å². The maximum absolute atomic E-state index is 12.9. The molecule has 27 heavy (non-hydrogen) atoms. The van der Waals surface area contributed by atoms with Gasteiger partial charge in [-0.25, -0.2) is 0 Å². The average molecular weight is 389 g/mol. The largest absolute Gasteiger partial charge is 0.489 e. The third kappa shape index (κ3) is 3.47. The number of ether oxygens (including phenoxy) is 1. The Balaban J connectivity index is 1.17. The van der Waals surface area contributed by atoms with Gasteiger partial charge in [0.25, 0.3) is 0 Å². The van der Waals surface area contributed by atoms with Crippen LogP contribution in [-0.2, 0) is 4.79 Å². The van der Waals surface area contributed by atoms with E-state index in [2.05, 4.69) is 10.6 Å². The predicted molar refractivity (Wildman–Crippen MR) is 106 cm³/mol. The number of amides is 1. The van der Waals surface area contributed by atoms with Crippen molar-refractivity contribution in [2.45, 2.75) is 63.6 Å². The smallest absolute Gasteiger partial charge is 0.237 e. The molecule has 1 saturated heterocycles. The van der Waals surface area contributed by atoms with Crippen LogP contribution in [0.2, 0.25) is 5.02 Å². The number of hydrogen-bond donors (Lipinski definition) is 2. The van der Waals surface area contributed by atoms with Crippen molar-refractivity contribution in [2.24, 2.45) is 23.7 Å². The minimum Gasteiger partial charge on any atom is -0.489 e. The standard InChI is InChI=1S/C22H29ClN2O2/c1-12-4-17(23)2-3-20(12)27-18-10-19(24-11-18)22(26)25-21-15-6-13-5-14(8-15)9-16(21)7-13/h2-4,13-16,18-19,21,24H,5-11H2,1H3,(H,25,26)/t13?,14?,15?,16?,18-,19-,21?/m0/s1. The third-order valence-electron chi connectivity index (χ3n) is 7.37. The quantitative estimate of drug-likeness (QED) is 0.826. The van der Waals surface area contributed by atoms with Gasteiger partial charge in [0.2, 0.25) is 5.91 Å². The summed E-state index contributed by atoms with van der Waals surface area (Å²) in [6.45, 7) is 2.71. The second-order valence-corrected chi connectivity index (χ2v) is 9.75. The van der Waals surface area contributed by atoms with Gasteiger partial charge >= 0.3 is 0 Å². The molecule has 146 valence electrons. The summed E-state index contributed by atoms with van der Waals surface area (Å²) < 4.78 is 6.12. The minimum atomic E-state index is -0.139. The molecule has 0 spiro atoms. The second-order valence-electron chi connectivity index (χ2n) is 9.31. The van der Waals surface area contributed by atoms with Crippen LogP contribution < -0.4 is 15.4 Å². The van der Waals surface area contributed by atoms with Crippen molar-refractivity contribution < 1.29 is 9.53 Å².